The van der Waals surface area contributed by atoms with Gasteiger partial charge in [0.15, 0.2) is 5.58 Å². The molecule has 0 radical (unpaired) electrons. The van der Waals surface area contributed by atoms with Crippen LogP contribution in [0.2, 0.25) is 0 Å². The van der Waals surface area contributed by atoms with Crippen molar-refractivity contribution in [3.63, 3.8) is 0 Å². The molecule has 3 aromatic rings. The van der Waals surface area contributed by atoms with E-state index in [1.807, 2.05) is 12.1 Å². The number of allylic oxidation sites excluding steroid dienone is 1. The molecule has 0 amide bonds. The molecule has 0 aliphatic carbocycles. The Labute approximate surface area is 137 Å². The molecule has 0 aliphatic heterocycles. The third-order valence-corrected chi connectivity index (χ3v) is 3.37. The minimum absolute atomic E-state index is 0.0684. The van der Waals surface area contributed by atoms with Crippen molar-refractivity contribution < 1.29 is 9.34 Å². The molecule has 1 N–H and O–H groups in total. The second-order valence-electron chi connectivity index (χ2n) is 5.08. The number of para-hydroxylation sites is 2. The van der Waals surface area contributed by atoms with Crippen LogP contribution in [0.4, 0.5) is 11.4 Å². The van der Waals surface area contributed by atoms with Crippen LogP contribution in [0, 0.1) is 28.4 Å². The molecule has 3 rings (SSSR count). The maximum Gasteiger partial charge on any atom is 0.292 e. The zero-order valence-electron chi connectivity index (χ0n) is 12.7. The first-order valence-corrected chi connectivity index (χ1v) is 7.06. The van der Waals surface area contributed by atoms with Crippen LogP contribution >= 0.6 is 0 Å². The topological polar surface area (TPSA) is 105 Å². The standard InChI is InChI=1S/C17H12N4O3/c1-11-6-7-13(15(8-11)21(22)23)19-10-12(9-18)17-20-14-4-2-3-5-16(14)24-17/h2-8,10,19H,1H3. The molecule has 7 nitrogen and oxygen atoms in total. The molecule has 118 valence electrons. The predicted octanol–water partition coefficient (Wildman–Crippen LogP) is 4.02. The molecule has 0 aliphatic rings. The van der Waals surface area contributed by atoms with Gasteiger partial charge in [-0.1, -0.05) is 18.2 Å². The van der Waals surface area contributed by atoms with E-state index in [9.17, 15) is 15.4 Å². The molecule has 0 bridgehead atoms. The number of aromatic nitrogens is 1. The number of rotatable bonds is 4. The summed E-state index contributed by atoms with van der Waals surface area (Å²) in [6.45, 7) is 1.77. The number of nitrogens with one attached hydrogen (secondary N) is 1. The Morgan fingerprint density at radius 1 is 1.38 bits per heavy atom. The van der Waals surface area contributed by atoms with E-state index in [1.165, 1.54) is 12.3 Å². The first-order chi connectivity index (χ1) is 11.6. The average Bonchev–Trinajstić information content (AvgIpc) is 3.00. The maximum absolute atomic E-state index is 11.1. The quantitative estimate of drug-likeness (QED) is 0.442. The molecule has 24 heavy (non-hydrogen) atoms. The van der Waals surface area contributed by atoms with Gasteiger partial charge in [0.1, 0.15) is 22.8 Å². The van der Waals surface area contributed by atoms with Gasteiger partial charge >= 0.3 is 0 Å². The van der Waals surface area contributed by atoms with E-state index in [4.69, 9.17) is 4.42 Å². The lowest BCUT2D eigenvalue weighted by atomic mass is 10.2. The molecular formula is C17H12N4O3. The highest BCUT2D eigenvalue weighted by molar-refractivity contribution is 5.80. The number of nitriles is 1. The summed E-state index contributed by atoms with van der Waals surface area (Å²) < 4.78 is 5.53. The molecular weight excluding hydrogens is 308 g/mol. The second-order valence-corrected chi connectivity index (χ2v) is 5.08. The largest absolute Gasteiger partial charge is 0.435 e. The van der Waals surface area contributed by atoms with Gasteiger partial charge in [-0.2, -0.15) is 5.26 Å². The molecule has 0 atom stereocenters. The lowest BCUT2D eigenvalue weighted by Crippen LogP contribution is -1.97. The molecule has 1 heterocycles. The summed E-state index contributed by atoms with van der Waals surface area (Å²) in [6.07, 6.45) is 1.35. The molecule has 0 saturated heterocycles. The van der Waals surface area contributed by atoms with Gasteiger partial charge in [-0.05, 0) is 30.7 Å². The van der Waals surface area contributed by atoms with Gasteiger partial charge in [0, 0.05) is 12.3 Å². The van der Waals surface area contributed by atoms with E-state index < -0.39 is 4.92 Å². The van der Waals surface area contributed by atoms with Gasteiger partial charge in [-0.3, -0.25) is 10.1 Å². The molecule has 1 aromatic heterocycles. The third kappa shape index (κ3) is 2.94. The van der Waals surface area contributed by atoms with E-state index in [-0.39, 0.29) is 22.8 Å². The SMILES string of the molecule is Cc1ccc(NC=C(C#N)c2nc3ccccc3o2)c([N+](=O)[O-])c1. The van der Waals surface area contributed by atoms with Gasteiger partial charge in [0.05, 0.1) is 4.92 Å². The van der Waals surface area contributed by atoms with Gasteiger partial charge < -0.3 is 9.73 Å². The molecule has 0 saturated carbocycles. The van der Waals surface area contributed by atoms with Crippen LogP contribution < -0.4 is 5.32 Å². The zero-order chi connectivity index (χ0) is 17.1. The Kier molecular flexibility index (Phi) is 3.95. The number of nitro groups is 1. The van der Waals surface area contributed by atoms with Crippen molar-refractivity contribution in [1.82, 2.24) is 4.98 Å². The van der Waals surface area contributed by atoms with Gasteiger partial charge in [0.25, 0.3) is 5.69 Å². The van der Waals surface area contributed by atoms with Crippen molar-refractivity contribution in [3.8, 4) is 6.07 Å². The number of benzene rings is 2. The summed E-state index contributed by atoms with van der Waals surface area (Å²) in [5.41, 5.74) is 2.33. The number of anilines is 1. The van der Waals surface area contributed by atoms with Crippen molar-refractivity contribution in [2.45, 2.75) is 6.92 Å². The summed E-state index contributed by atoms with van der Waals surface area (Å²) in [5, 5.41) is 23.2. The molecule has 0 unspecified atom stereocenters. The Balaban J connectivity index is 1.95. The average molecular weight is 320 g/mol. The molecule has 0 spiro atoms. The summed E-state index contributed by atoms with van der Waals surface area (Å²) >= 11 is 0. The van der Waals surface area contributed by atoms with E-state index >= 15 is 0 Å². The molecule has 7 heteroatoms. The lowest BCUT2D eigenvalue weighted by Gasteiger charge is -2.03. The van der Waals surface area contributed by atoms with Crippen LogP contribution in [0.1, 0.15) is 11.5 Å². The number of hydrogen-bond donors (Lipinski definition) is 1. The van der Waals surface area contributed by atoms with Crippen LogP contribution in [0.15, 0.2) is 53.1 Å². The van der Waals surface area contributed by atoms with Crippen LogP contribution in [-0.2, 0) is 0 Å². The van der Waals surface area contributed by atoms with E-state index in [0.29, 0.717) is 11.1 Å². The first kappa shape index (κ1) is 15.2. The summed E-state index contributed by atoms with van der Waals surface area (Å²) in [5.74, 6) is 0.154. The van der Waals surface area contributed by atoms with E-state index in [0.717, 1.165) is 5.56 Å². The highest BCUT2D eigenvalue weighted by Gasteiger charge is 2.14. The fourth-order valence-corrected chi connectivity index (χ4v) is 2.19. The normalized spacial score (nSPS) is 11.2. The summed E-state index contributed by atoms with van der Waals surface area (Å²) in [4.78, 5) is 14.9. The zero-order valence-corrected chi connectivity index (χ0v) is 12.7. The number of oxazole rings is 1. The lowest BCUT2D eigenvalue weighted by molar-refractivity contribution is -0.384. The smallest absolute Gasteiger partial charge is 0.292 e. The first-order valence-electron chi connectivity index (χ1n) is 7.06. The number of hydrogen-bond acceptors (Lipinski definition) is 6. The van der Waals surface area contributed by atoms with Gasteiger partial charge in [0.2, 0.25) is 5.89 Å². The minimum Gasteiger partial charge on any atom is -0.435 e. The number of nitrogens with zero attached hydrogens (tertiary/aromatic N) is 3. The highest BCUT2D eigenvalue weighted by atomic mass is 16.6. The number of nitro benzene ring substituents is 1. The predicted molar refractivity (Wildman–Crippen MR) is 89.1 cm³/mol. The Morgan fingerprint density at radius 2 is 2.17 bits per heavy atom. The number of fused-ring (bicyclic) bond motifs is 1. The van der Waals surface area contributed by atoms with E-state index in [1.54, 1.807) is 37.3 Å². The van der Waals surface area contributed by atoms with Crippen molar-refractivity contribution in [2.24, 2.45) is 0 Å². The Hall–Kier alpha value is -3.66. The van der Waals surface area contributed by atoms with Gasteiger partial charge in [-0.15, -0.1) is 0 Å². The van der Waals surface area contributed by atoms with Crippen molar-refractivity contribution in [2.75, 3.05) is 5.32 Å². The van der Waals surface area contributed by atoms with E-state index in [2.05, 4.69) is 10.3 Å². The van der Waals surface area contributed by atoms with Crippen LogP contribution in [0.25, 0.3) is 16.7 Å². The van der Waals surface area contributed by atoms with Crippen molar-refractivity contribution in [1.29, 1.82) is 5.26 Å². The molecule has 2 aromatic carbocycles. The third-order valence-electron chi connectivity index (χ3n) is 3.37. The van der Waals surface area contributed by atoms with Crippen LogP contribution in [0.5, 0.6) is 0 Å². The Bertz CT molecular complexity index is 965. The Morgan fingerprint density at radius 3 is 2.88 bits per heavy atom. The summed E-state index contributed by atoms with van der Waals surface area (Å²) in [6, 6.07) is 13.9. The van der Waals surface area contributed by atoms with Gasteiger partial charge in [-0.25, -0.2) is 4.98 Å². The highest BCUT2D eigenvalue weighted by Crippen LogP contribution is 2.26. The van der Waals surface area contributed by atoms with Crippen molar-refractivity contribution >= 4 is 28.0 Å². The fourth-order valence-electron chi connectivity index (χ4n) is 2.19. The maximum atomic E-state index is 11.1. The van der Waals surface area contributed by atoms with Crippen LogP contribution in [0.3, 0.4) is 0 Å². The van der Waals surface area contributed by atoms with Crippen molar-refractivity contribution in [3.05, 3.63) is 70.2 Å². The summed E-state index contributed by atoms with van der Waals surface area (Å²) in [7, 11) is 0. The monoisotopic (exact) mass is 320 g/mol. The number of aryl methyl sites for hydroxylation is 1. The minimum atomic E-state index is -0.478. The molecule has 0 fully saturated rings. The van der Waals surface area contributed by atoms with Crippen LogP contribution in [-0.4, -0.2) is 9.91 Å². The second kappa shape index (κ2) is 6.22. The fraction of sp³-hybridized carbons (Fsp3) is 0.0588.